The van der Waals surface area contributed by atoms with Crippen LogP contribution in [0, 0.1) is 0 Å². The van der Waals surface area contributed by atoms with Crippen molar-refractivity contribution in [3.63, 3.8) is 0 Å². The molecule has 2 nitrogen and oxygen atoms in total. The lowest BCUT2D eigenvalue weighted by molar-refractivity contribution is 0.275. The van der Waals surface area contributed by atoms with Crippen LogP contribution >= 0.6 is 0 Å². The summed E-state index contributed by atoms with van der Waals surface area (Å²) < 4.78 is 0. The van der Waals surface area contributed by atoms with Crippen molar-refractivity contribution in [3.05, 3.63) is 0 Å². The van der Waals surface area contributed by atoms with Crippen LogP contribution in [0.2, 0.25) is 0 Å². The van der Waals surface area contributed by atoms with Gasteiger partial charge >= 0.3 is 0 Å². The van der Waals surface area contributed by atoms with E-state index < -0.39 is 0 Å². The van der Waals surface area contributed by atoms with E-state index in [4.69, 9.17) is 5.11 Å². The Hall–Kier alpha value is -0.0800. The van der Waals surface area contributed by atoms with Gasteiger partial charge in [0.25, 0.3) is 0 Å². The van der Waals surface area contributed by atoms with Crippen molar-refractivity contribution in [1.29, 1.82) is 0 Å². The summed E-state index contributed by atoms with van der Waals surface area (Å²) in [6.45, 7) is 4.79. The molecular weight excluding hydrogens is 126 g/mol. The molecule has 0 radical (unpaired) electrons. The zero-order valence-electron chi connectivity index (χ0n) is 7.14. The van der Waals surface area contributed by atoms with Crippen LogP contribution in [0.4, 0.5) is 0 Å². The van der Waals surface area contributed by atoms with Crippen molar-refractivity contribution in [3.8, 4) is 0 Å². The lowest BCUT2D eigenvalue weighted by atomic mass is 10.2. The fraction of sp³-hybridized carbons (Fsp3) is 1.00. The molecule has 0 aromatic heterocycles. The maximum atomic E-state index is 8.48. The Morgan fingerprint density at radius 3 is 2.40 bits per heavy atom. The van der Waals surface area contributed by atoms with Gasteiger partial charge < -0.3 is 10.0 Å². The number of aliphatic hydroxyl groups is 1. The minimum atomic E-state index is 0.343. The zero-order chi connectivity index (χ0) is 7.82. The number of rotatable bonds is 6. The third-order valence-corrected chi connectivity index (χ3v) is 1.74. The first-order valence-corrected chi connectivity index (χ1v) is 4.10. The molecule has 0 aliphatic heterocycles. The maximum Gasteiger partial charge on any atom is 0.0431 e. The Kier molecular flexibility index (Phi) is 6.98. The van der Waals surface area contributed by atoms with E-state index in [1.54, 1.807) is 0 Å². The Labute approximate surface area is 63.8 Å². The highest BCUT2D eigenvalue weighted by molar-refractivity contribution is 4.47. The van der Waals surface area contributed by atoms with E-state index in [0.29, 0.717) is 6.61 Å². The maximum absolute atomic E-state index is 8.48. The first-order chi connectivity index (χ1) is 4.81. The second-order valence-electron chi connectivity index (χ2n) is 2.68. The number of hydrogen-bond acceptors (Lipinski definition) is 2. The van der Waals surface area contributed by atoms with E-state index in [9.17, 15) is 0 Å². The van der Waals surface area contributed by atoms with Gasteiger partial charge in [0, 0.05) is 6.61 Å². The van der Waals surface area contributed by atoms with Crippen molar-refractivity contribution >= 4 is 0 Å². The molecule has 2 heteroatoms. The quantitative estimate of drug-likeness (QED) is 0.566. The molecule has 0 saturated carbocycles. The third kappa shape index (κ3) is 6.05. The van der Waals surface area contributed by atoms with Crippen LogP contribution < -0.4 is 0 Å². The Morgan fingerprint density at radius 2 is 1.90 bits per heavy atom. The van der Waals surface area contributed by atoms with E-state index in [-0.39, 0.29) is 0 Å². The fourth-order valence-corrected chi connectivity index (χ4v) is 0.828. The van der Waals surface area contributed by atoms with Crippen molar-refractivity contribution < 1.29 is 5.11 Å². The standard InChI is InChI=1S/C8H19NO/c1-3-9(2)7-5-4-6-8-10/h10H,3-8H2,1-2H3. The fourth-order valence-electron chi connectivity index (χ4n) is 0.828. The first-order valence-electron chi connectivity index (χ1n) is 4.10. The summed E-state index contributed by atoms with van der Waals surface area (Å²) in [7, 11) is 2.12. The monoisotopic (exact) mass is 145 g/mol. The van der Waals surface area contributed by atoms with Gasteiger partial charge in [0.15, 0.2) is 0 Å². The van der Waals surface area contributed by atoms with Gasteiger partial charge in [0.1, 0.15) is 0 Å². The molecule has 0 fully saturated rings. The molecule has 0 bridgehead atoms. The summed E-state index contributed by atoms with van der Waals surface area (Å²) in [6.07, 6.45) is 3.32. The van der Waals surface area contributed by atoms with Gasteiger partial charge in [-0.05, 0) is 39.4 Å². The van der Waals surface area contributed by atoms with Crippen molar-refractivity contribution in [2.75, 3.05) is 26.7 Å². The van der Waals surface area contributed by atoms with Gasteiger partial charge in [-0.15, -0.1) is 0 Å². The highest BCUT2D eigenvalue weighted by Gasteiger charge is 1.92. The minimum Gasteiger partial charge on any atom is -0.396 e. The van der Waals surface area contributed by atoms with Gasteiger partial charge in [0.2, 0.25) is 0 Å². The highest BCUT2D eigenvalue weighted by Crippen LogP contribution is 1.95. The minimum absolute atomic E-state index is 0.343. The molecule has 0 heterocycles. The topological polar surface area (TPSA) is 23.5 Å². The Bertz CT molecular complexity index is 66.3. The first kappa shape index (κ1) is 9.92. The summed E-state index contributed by atoms with van der Waals surface area (Å²) in [6, 6.07) is 0. The summed E-state index contributed by atoms with van der Waals surface area (Å²) in [5, 5.41) is 8.48. The van der Waals surface area contributed by atoms with Crippen LogP contribution in [-0.4, -0.2) is 36.8 Å². The molecule has 0 amide bonds. The van der Waals surface area contributed by atoms with E-state index in [1.807, 2.05) is 0 Å². The van der Waals surface area contributed by atoms with Gasteiger partial charge in [-0.3, -0.25) is 0 Å². The second-order valence-corrected chi connectivity index (χ2v) is 2.68. The SMILES string of the molecule is CCN(C)CCCCCO. The molecule has 0 spiro atoms. The summed E-state index contributed by atoms with van der Waals surface area (Å²) in [5.74, 6) is 0. The van der Waals surface area contributed by atoms with Gasteiger partial charge in [0.05, 0.1) is 0 Å². The van der Waals surface area contributed by atoms with Crippen LogP contribution in [0.1, 0.15) is 26.2 Å². The van der Waals surface area contributed by atoms with E-state index in [2.05, 4.69) is 18.9 Å². The lowest BCUT2D eigenvalue weighted by Gasteiger charge is -2.12. The molecule has 0 rings (SSSR count). The molecule has 0 aromatic carbocycles. The molecule has 0 saturated heterocycles. The van der Waals surface area contributed by atoms with Gasteiger partial charge in [-0.1, -0.05) is 6.92 Å². The number of aliphatic hydroxyl groups excluding tert-OH is 1. The molecule has 0 aliphatic carbocycles. The number of hydrogen-bond donors (Lipinski definition) is 1. The molecule has 0 aromatic rings. The van der Waals surface area contributed by atoms with Crippen LogP contribution in [0.25, 0.3) is 0 Å². The Morgan fingerprint density at radius 1 is 1.20 bits per heavy atom. The second kappa shape index (κ2) is 7.03. The summed E-state index contributed by atoms with van der Waals surface area (Å²) >= 11 is 0. The van der Waals surface area contributed by atoms with E-state index in [0.717, 1.165) is 25.9 Å². The lowest BCUT2D eigenvalue weighted by Crippen LogP contribution is -2.18. The highest BCUT2D eigenvalue weighted by atomic mass is 16.2. The molecule has 0 atom stereocenters. The molecule has 62 valence electrons. The Balaban J connectivity index is 2.89. The van der Waals surface area contributed by atoms with Gasteiger partial charge in [-0.25, -0.2) is 0 Å². The number of nitrogens with zero attached hydrogens (tertiary/aromatic N) is 1. The molecule has 0 aliphatic rings. The van der Waals surface area contributed by atoms with Crippen LogP contribution in [-0.2, 0) is 0 Å². The van der Waals surface area contributed by atoms with Crippen LogP contribution in [0.15, 0.2) is 0 Å². The molecule has 1 N–H and O–H groups in total. The largest absolute Gasteiger partial charge is 0.396 e. The predicted molar refractivity (Wildman–Crippen MR) is 44.1 cm³/mol. The average Bonchev–Trinajstić information content (AvgIpc) is 1.98. The van der Waals surface area contributed by atoms with E-state index >= 15 is 0 Å². The van der Waals surface area contributed by atoms with Crippen molar-refractivity contribution in [2.24, 2.45) is 0 Å². The average molecular weight is 145 g/mol. The van der Waals surface area contributed by atoms with E-state index in [1.165, 1.54) is 6.42 Å². The van der Waals surface area contributed by atoms with Gasteiger partial charge in [-0.2, -0.15) is 0 Å². The van der Waals surface area contributed by atoms with Crippen molar-refractivity contribution in [1.82, 2.24) is 4.90 Å². The van der Waals surface area contributed by atoms with Crippen molar-refractivity contribution in [2.45, 2.75) is 26.2 Å². The smallest absolute Gasteiger partial charge is 0.0431 e. The number of unbranched alkanes of at least 4 members (excludes halogenated alkanes) is 2. The summed E-state index contributed by atoms with van der Waals surface area (Å²) in [4.78, 5) is 2.29. The molecule has 10 heavy (non-hydrogen) atoms. The summed E-state index contributed by atoms with van der Waals surface area (Å²) in [5.41, 5.74) is 0. The van der Waals surface area contributed by atoms with Crippen LogP contribution in [0.3, 0.4) is 0 Å². The normalized spacial score (nSPS) is 10.8. The zero-order valence-corrected chi connectivity index (χ0v) is 7.14. The van der Waals surface area contributed by atoms with Crippen LogP contribution in [0.5, 0.6) is 0 Å². The third-order valence-electron chi connectivity index (χ3n) is 1.74. The predicted octanol–water partition coefficient (Wildman–Crippen LogP) is 1.10. The molecular formula is C8H19NO. The molecule has 0 unspecified atom stereocenters.